The molecular weight excluding hydrogens is 231 g/mol. The Bertz CT molecular complexity index is 469. The maximum atomic E-state index is 13.2. The highest BCUT2D eigenvalue weighted by molar-refractivity contribution is 5.99. The predicted octanol–water partition coefficient (Wildman–Crippen LogP) is 2.10. The second-order valence-electron chi connectivity index (χ2n) is 5.11. The Balaban J connectivity index is 2.18. The molecule has 0 heterocycles. The molecule has 1 fully saturated rings. The van der Waals surface area contributed by atoms with E-state index in [0.29, 0.717) is 12.1 Å². The van der Waals surface area contributed by atoms with Crippen LogP contribution in [0.2, 0.25) is 0 Å². The van der Waals surface area contributed by atoms with E-state index in [4.69, 9.17) is 0 Å². The van der Waals surface area contributed by atoms with Crippen molar-refractivity contribution in [2.45, 2.75) is 19.8 Å². The summed E-state index contributed by atoms with van der Waals surface area (Å²) in [5, 5.41) is 3.07. The van der Waals surface area contributed by atoms with Crippen LogP contribution in [0.1, 0.15) is 18.4 Å². The first-order chi connectivity index (χ1) is 8.50. The molecule has 18 heavy (non-hydrogen) atoms. The van der Waals surface area contributed by atoms with Gasteiger partial charge in [-0.2, -0.15) is 0 Å². The summed E-state index contributed by atoms with van der Waals surface area (Å²) in [5.74, 6) is -0.126. The lowest BCUT2D eigenvalue weighted by molar-refractivity contribution is -0.123. The molecule has 1 amide bonds. The number of rotatable bonds is 4. The second kappa shape index (κ2) is 4.69. The molecule has 1 aromatic rings. The van der Waals surface area contributed by atoms with Gasteiger partial charge in [0.1, 0.15) is 5.82 Å². The van der Waals surface area contributed by atoms with Gasteiger partial charge in [-0.25, -0.2) is 4.39 Å². The summed E-state index contributed by atoms with van der Waals surface area (Å²) in [5.41, 5.74) is 1.07. The molecule has 4 heteroatoms. The molecule has 1 N–H and O–H groups in total. The third-order valence-electron chi connectivity index (χ3n) is 3.66. The SMILES string of the molecule is CNCC1(C(=O)N(C)c2ccc(F)c(C)c2)CC1. The summed E-state index contributed by atoms with van der Waals surface area (Å²) in [4.78, 5) is 14.0. The summed E-state index contributed by atoms with van der Waals surface area (Å²) in [6, 6.07) is 4.77. The van der Waals surface area contributed by atoms with Crippen LogP contribution in [0.3, 0.4) is 0 Å². The number of hydrogen-bond donors (Lipinski definition) is 1. The first kappa shape index (κ1) is 13.0. The zero-order chi connectivity index (χ0) is 13.3. The number of carbonyl (C=O) groups excluding carboxylic acids is 1. The van der Waals surface area contributed by atoms with Gasteiger partial charge in [0.05, 0.1) is 5.41 Å². The standard InChI is InChI=1S/C14H19FN2O/c1-10-8-11(4-5-12(10)15)17(3)13(18)14(6-7-14)9-16-2/h4-5,8,16H,6-7,9H2,1-3H3. The van der Waals surface area contributed by atoms with E-state index in [2.05, 4.69) is 5.32 Å². The lowest BCUT2D eigenvalue weighted by Crippen LogP contribution is -2.39. The maximum Gasteiger partial charge on any atom is 0.234 e. The minimum Gasteiger partial charge on any atom is -0.319 e. The lowest BCUT2D eigenvalue weighted by atomic mass is 10.0. The number of amides is 1. The Labute approximate surface area is 107 Å². The van der Waals surface area contributed by atoms with Crippen LogP contribution in [0.15, 0.2) is 18.2 Å². The fourth-order valence-electron chi connectivity index (χ4n) is 2.27. The second-order valence-corrected chi connectivity index (χ2v) is 5.11. The predicted molar refractivity (Wildman–Crippen MR) is 70.1 cm³/mol. The Morgan fingerprint density at radius 2 is 2.17 bits per heavy atom. The van der Waals surface area contributed by atoms with Crippen molar-refractivity contribution in [3.05, 3.63) is 29.6 Å². The van der Waals surface area contributed by atoms with Gasteiger partial charge < -0.3 is 10.2 Å². The number of anilines is 1. The third kappa shape index (κ3) is 2.25. The van der Waals surface area contributed by atoms with Crippen LogP contribution in [0.4, 0.5) is 10.1 Å². The van der Waals surface area contributed by atoms with Gasteiger partial charge >= 0.3 is 0 Å². The fraction of sp³-hybridized carbons (Fsp3) is 0.500. The molecule has 0 saturated heterocycles. The maximum absolute atomic E-state index is 13.2. The number of nitrogens with one attached hydrogen (secondary N) is 1. The van der Waals surface area contributed by atoms with Crippen molar-refractivity contribution in [1.29, 1.82) is 0 Å². The van der Waals surface area contributed by atoms with Crippen molar-refractivity contribution in [3.8, 4) is 0 Å². The van der Waals surface area contributed by atoms with Gasteiger partial charge in [-0.3, -0.25) is 4.79 Å². The van der Waals surface area contributed by atoms with Gasteiger partial charge in [0, 0.05) is 19.3 Å². The summed E-state index contributed by atoms with van der Waals surface area (Å²) in [6.07, 6.45) is 1.86. The number of benzene rings is 1. The van der Waals surface area contributed by atoms with Crippen LogP contribution in [0.5, 0.6) is 0 Å². The molecule has 1 aliphatic rings. The van der Waals surface area contributed by atoms with Gasteiger partial charge in [0.25, 0.3) is 0 Å². The summed E-state index contributed by atoms with van der Waals surface area (Å²) in [7, 11) is 3.61. The average Bonchev–Trinajstić information content (AvgIpc) is 3.12. The van der Waals surface area contributed by atoms with Gasteiger partial charge in [0.2, 0.25) is 5.91 Å². The molecule has 0 spiro atoms. The fourth-order valence-corrected chi connectivity index (χ4v) is 2.27. The summed E-state index contributed by atoms with van der Waals surface area (Å²) >= 11 is 0. The highest BCUT2D eigenvalue weighted by Gasteiger charge is 2.50. The molecule has 98 valence electrons. The molecule has 0 radical (unpaired) electrons. The Kier molecular flexibility index (Phi) is 3.39. The Morgan fingerprint density at radius 1 is 1.50 bits per heavy atom. The molecule has 1 saturated carbocycles. The highest BCUT2D eigenvalue weighted by atomic mass is 19.1. The normalized spacial score (nSPS) is 16.4. The number of carbonyl (C=O) groups is 1. The van der Waals surface area contributed by atoms with Gasteiger partial charge in [-0.15, -0.1) is 0 Å². The van der Waals surface area contributed by atoms with Crippen molar-refractivity contribution < 1.29 is 9.18 Å². The molecular formula is C14H19FN2O. The van der Waals surface area contributed by atoms with E-state index in [1.807, 2.05) is 7.05 Å². The minimum absolute atomic E-state index is 0.114. The van der Waals surface area contributed by atoms with Crippen molar-refractivity contribution in [3.63, 3.8) is 0 Å². The topological polar surface area (TPSA) is 32.3 Å². The van der Waals surface area contributed by atoms with E-state index >= 15 is 0 Å². The van der Waals surface area contributed by atoms with E-state index in [0.717, 1.165) is 18.5 Å². The van der Waals surface area contributed by atoms with E-state index < -0.39 is 0 Å². The summed E-state index contributed by atoms with van der Waals surface area (Å²) in [6.45, 7) is 2.41. The van der Waals surface area contributed by atoms with Crippen LogP contribution >= 0.6 is 0 Å². The minimum atomic E-state index is -0.244. The van der Waals surface area contributed by atoms with Crippen LogP contribution in [0.25, 0.3) is 0 Å². The first-order valence-electron chi connectivity index (χ1n) is 6.19. The molecule has 0 bridgehead atoms. The molecule has 2 rings (SSSR count). The van der Waals surface area contributed by atoms with Crippen molar-refractivity contribution in [1.82, 2.24) is 5.32 Å². The average molecular weight is 250 g/mol. The van der Waals surface area contributed by atoms with E-state index in [9.17, 15) is 9.18 Å². The van der Waals surface area contributed by atoms with Crippen LogP contribution < -0.4 is 10.2 Å². The van der Waals surface area contributed by atoms with Crippen molar-refractivity contribution in [2.75, 3.05) is 25.5 Å². The van der Waals surface area contributed by atoms with E-state index in [1.54, 1.807) is 31.0 Å². The van der Waals surface area contributed by atoms with Gasteiger partial charge in [-0.05, 0) is 50.6 Å². The van der Waals surface area contributed by atoms with Crippen molar-refractivity contribution in [2.24, 2.45) is 5.41 Å². The smallest absolute Gasteiger partial charge is 0.234 e. The zero-order valence-corrected chi connectivity index (χ0v) is 11.1. The van der Waals surface area contributed by atoms with Crippen LogP contribution in [-0.2, 0) is 4.79 Å². The van der Waals surface area contributed by atoms with Crippen LogP contribution in [0, 0.1) is 18.2 Å². The summed E-state index contributed by atoms with van der Waals surface area (Å²) < 4.78 is 13.2. The number of aryl methyl sites for hydroxylation is 1. The van der Waals surface area contributed by atoms with Gasteiger partial charge in [0.15, 0.2) is 0 Å². The van der Waals surface area contributed by atoms with Crippen LogP contribution in [-0.4, -0.2) is 26.5 Å². The molecule has 0 unspecified atom stereocenters. The molecule has 0 aliphatic heterocycles. The zero-order valence-electron chi connectivity index (χ0n) is 11.1. The first-order valence-corrected chi connectivity index (χ1v) is 6.19. The van der Waals surface area contributed by atoms with Gasteiger partial charge in [-0.1, -0.05) is 0 Å². The van der Waals surface area contributed by atoms with Crippen molar-refractivity contribution >= 4 is 11.6 Å². The quantitative estimate of drug-likeness (QED) is 0.887. The highest BCUT2D eigenvalue weighted by Crippen LogP contribution is 2.47. The lowest BCUT2D eigenvalue weighted by Gasteiger charge is -2.23. The molecule has 1 aliphatic carbocycles. The monoisotopic (exact) mass is 250 g/mol. The molecule has 0 atom stereocenters. The molecule has 0 aromatic heterocycles. The molecule has 1 aromatic carbocycles. The Hall–Kier alpha value is -1.42. The van der Waals surface area contributed by atoms with E-state index in [1.165, 1.54) is 6.07 Å². The number of nitrogens with zero attached hydrogens (tertiary/aromatic N) is 1. The third-order valence-corrected chi connectivity index (χ3v) is 3.66. The number of hydrogen-bond acceptors (Lipinski definition) is 2. The largest absolute Gasteiger partial charge is 0.319 e. The van der Waals surface area contributed by atoms with E-state index in [-0.39, 0.29) is 17.1 Å². The molecule has 3 nitrogen and oxygen atoms in total. The number of halogens is 1. The Morgan fingerprint density at radius 3 is 2.67 bits per heavy atom.